The molecule has 4 atom stereocenters. The van der Waals surface area contributed by atoms with Crippen LogP contribution in [0.3, 0.4) is 0 Å². The molecule has 35 heavy (non-hydrogen) atoms. The van der Waals surface area contributed by atoms with Crippen molar-refractivity contribution in [3.8, 4) is 11.8 Å². The Bertz CT molecular complexity index is 840. The van der Waals surface area contributed by atoms with E-state index in [1.54, 1.807) is 0 Å². The quantitative estimate of drug-likeness (QED) is 0.132. The van der Waals surface area contributed by atoms with Gasteiger partial charge in [-0.05, 0) is 75.3 Å². The lowest BCUT2D eigenvalue weighted by Crippen LogP contribution is -2.45. The summed E-state index contributed by atoms with van der Waals surface area (Å²) >= 11 is 0. The highest BCUT2D eigenvalue weighted by atomic mass is 28.4. The predicted octanol–water partition coefficient (Wildman–Crippen LogP) is 8.69. The van der Waals surface area contributed by atoms with E-state index in [1.165, 1.54) is 5.57 Å². The fourth-order valence-electron chi connectivity index (χ4n) is 3.67. The van der Waals surface area contributed by atoms with Gasteiger partial charge in [0.05, 0.1) is 12.0 Å². The van der Waals surface area contributed by atoms with Gasteiger partial charge in [-0.15, -0.1) is 0 Å². The maximum absolute atomic E-state index is 12.6. The molecule has 1 rings (SSSR count). The van der Waals surface area contributed by atoms with Crippen LogP contribution in [-0.2, 0) is 13.6 Å². The summed E-state index contributed by atoms with van der Waals surface area (Å²) in [6, 6.07) is 0. The number of hydrogen-bond acceptors (Lipinski definition) is 3. The molecule has 0 aromatic carbocycles. The van der Waals surface area contributed by atoms with Gasteiger partial charge in [-0.2, -0.15) is 0 Å². The van der Waals surface area contributed by atoms with Gasteiger partial charge in [-0.1, -0.05) is 78.5 Å². The molecule has 0 aromatic heterocycles. The van der Waals surface area contributed by atoms with Crippen molar-refractivity contribution in [3.63, 3.8) is 0 Å². The lowest BCUT2D eigenvalue weighted by Gasteiger charge is -2.39. The monoisotopic (exact) mass is 518 g/mol. The van der Waals surface area contributed by atoms with Crippen molar-refractivity contribution in [2.75, 3.05) is 0 Å². The van der Waals surface area contributed by atoms with Crippen LogP contribution in [0.5, 0.6) is 0 Å². The van der Waals surface area contributed by atoms with Crippen LogP contribution in [0.25, 0.3) is 0 Å². The summed E-state index contributed by atoms with van der Waals surface area (Å²) in [5.74, 6) is 7.29. The molecule has 0 unspecified atom stereocenters. The SMILES string of the molecule is C=C1C(=O)C[C@@H](O[Si](C)(C)C(C)(C)C)[C@@H]1C#C[C@H](C[C@@H](C)CCC=C(C)C)O[Si](C)(C)C(C)(C)C. The van der Waals surface area contributed by atoms with Crippen molar-refractivity contribution in [3.05, 3.63) is 23.8 Å². The molecule has 0 saturated heterocycles. The number of ketones is 1. The molecule has 0 radical (unpaired) electrons. The molecule has 1 aliphatic rings. The van der Waals surface area contributed by atoms with Crippen molar-refractivity contribution in [1.29, 1.82) is 0 Å². The maximum atomic E-state index is 12.6. The van der Waals surface area contributed by atoms with E-state index in [-0.39, 0.29) is 34.0 Å². The summed E-state index contributed by atoms with van der Waals surface area (Å²) in [7, 11) is -4.03. The fraction of sp³-hybridized carbons (Fsp3) is 0.767. The minimum atomic E-state index is -2.03. The average molecular weight is 519 g/mol. The molecule has 3 nitrogen and oxygen atoms in total. The van der Waals surface area contributed by atoms with Gasteiger partial charge < -0.3 is 8.85 Å². The molecular weight excluding hydrogens is 464 g/mol. The predicted molar refractivity (Wildman–Crippen MR) is 157 cm³/mol. The second-order valence-electron chi connectivity index (χ2n) is 13.9. The Morgan fingerprint density at radius 2 is 1.63 bits per heavy atom. The van der Waals surface area contributed by atoms with E-state index in [0.29, 0.717) is 17.9 Å². The lowest BCUT2D eigenvalue weighted by atomic mass is 9.97. The van der Waals surface area contributed by atoms with Crippen LogP contribution in [0.4, 0.5) is 0 Å². The van der Waals surface area contributed by atoms with Crippen molar-refractivity contribution in [1.82, 2.24) is 0 Å². The van der Waals surface area contributed by atoms with Gasteiger partial charge in [0.25, 0.3) is 0 Å². The minimum Gasteiger partial charge on any atom is -0.412 e. The fourth-order valence-corrected chi connectivity index (χ4v) is 6.22. The van der Waals surface area contributed by atoms with E-state index in [2.05, 4.69) is 113 Å². The smallest absolute Gasteiger partial charge is 0.193 e. The van der Waals surface area contributed by atoms with Crippen molar-refractivity contribution >= 4 is 22.4 Å². The summed E-state index contributed by atoms with van der Waals surface area (Å²) < 4.78 is 13.5. The molecule has 0 spiro atoms. The zero-order valence-corrected chi connectivity index (χ0v) is 27.1. The first kappa shape index (κ1) is 32.1. The van der Waals surface area contributed by atoms with E-state index in [1.807, 2.05) is 0 Å². The summed E-state index contributed by atoms with van der Waals surface area (Å²) in [5, 5.41) is 0.186. The van der Waals surface area contributed by atoms with Gasteiger partial charge in [0.1, 0.15) is 6.10 Å². The highest BCUT2D eigenvalue weighted by molar-refractivity contribution is 6.74. The minimum absolute atomic E-state index is 0.0760. The third-order valence-electron chi connectivity index (χ3n) is 8.22. The number of carbonyl (C=O) groups is 1. The molecule has 5 heteroatoms. The van der Waals surface area contributed by atoms with Crippen LogP contribution in [0, 0.1) is 23.7 Å². The van der Waals surface area contributed by atoms with Gasteiger partial charge in [-0.25, -0.2) is 0 Å². The molecular formula is C30H54O3Si2. The molecule has 1 saturated carbocycles. The standard InChI is InChI=1S/C30H54O3Si2/c1-22(2)16-15-17-23(3)20-25(32-34(11,12)29(5,6)7)18-19-26-24(4)27(31)21-28(26)33-35(13,14)30(8,9)10/h16,23,25-26,28H,4,15,17,20-21H2,1-3,5-14H3/t23-,25+,26+,28+/m0/s1. The molecule has 0 bridgehead atoms. The topological polar surface area (TPSA) is 35.5 Å². The molecule has 0 aromatic rings. The molecule has 0 heterocycles. The Morgan fingerprint density at radius 1 is 1.09 bits per heavy atom. The van der Waals surface area contributed by atoms with Gasteiger partial charge in [0, 0.05) is 12.0 Å². The first-order valence-corrected chi connectivity index (χ1v) is 19.2. The van der Waals surface area contributed by atoms with E-state index in [4.69, 9.17) is 8.85 Å². The number of rotatable bonds is 9. The zero-order chi connectivity index (χ0) is 27.4. The zero-order valence-electron chi connectivity index (χ0n) is 25.1. The van der Waals surface area contributed by atoms with Crippen LogP contribution < -0.4 is 0 Å². The number of carbonyl (C=O) groups excluding carboxylic acids is 1. The molecule has 200 valence electrons. The molecule has 1 fully saturated rings. The number of hydrogen-bond donors (Lipinski definition) is 0. The van der Waals surface area contributed by atoms with Crippen molar-refractivity contribution in [2.24, 2.45) is 11.8 Å². The highest BCUT2D eigenvalue weighted by Crippen LogP contribution is 2.41. The van der Waals surface area contributed by atoms with Crippen LogP contribution in [0.15, 0.2) is 23.8 Å². The van der Waals surface area contributed by atoms with Crippen LogP contribution in [0.2, 0.25) is 36.3 Å². The van der Waals surface area contributed by atoms with E-state index in [0.717, 1.165) is 19.3 Å². The second kappa shape index (κ2) is 12.1. The lowest BCUT2D eigenvalue weighted by molar-refractivity contribution is -0.115. The summed E-state index contributed by atoms with van der Waals surface area (Å²) in [6.45, 7) is 33.2. The molecule has 0 N–H and O–H groups in total. The first-order chi connectivity index (χ1) is 15.7. The van der Waals surface area contributed by atoms with Crippen LogP contribution in [-0.4, -0.2) is 34.6 Å². The summed E-state index contributed by atoms with van der Waals surface area (Å²) in [6.07, 6.45) is 5.45. The second-order valence-corrected chi connectivity index (χ2v) is 23.4. The molecule has 0 amide bonds. The largest absolute Gasteiger partial charge is 0.412 e. The van der Waals surface area contributed by atoms with E-state index in [9.17, 15) is 4.79 Å². The number of Topliss-reactive ketones (excluding diaryl/α,β-unsaturated/α-hetero) is 1. The normalized spacial score (nSPS) is 21.4. The Morgan fingerprint density at radius 3 is 2.11 bits per heavy atom. The van der Waals surface area contributed by atoms with Gasteiger partial charge in [-0.3, -0.25) is 4.79 Å². The summed E-state index contributed by atoms with van der Waals surface area (Å²) in [5.41, 5.74) is 1.96. The number of allylic oxidation sites excluding steroid dienone is 2. The van der Waals surface area contributed by atoms with Crippen molar-refractivity contribution in [2.45, 2.75) is 136 Å². The average Bonchev–Trinajstić information content (AvgIpc) is 2.90. The van der Waals surface area contributed by atoms with Crippen LogP contribution >= 0.6 is 0 Å². The van der Waals surface area contributed by atoms with Crippen LogP contribution in [0.1, 0.15) is 88.0 Å². The third kappa shape index (κ3) is 9.46. The maximum Gasteiger partial charge on any atom is 0.193 e. The van der Waals surface area contributed by atoms with Gasteiger partial charge in [0.15, 0.2) is 22.4 Å². The Hall–Kier alpha value is -0.936. The third-order valence-corrected chi connectivity index (χ3v) is 17.2. The molecule has 1 aliphatic carbocycles. The van der Waals surface area contributed by atoms with E-state index >= 15 is 0 Å². The first-order valence-electron chi connectivity index (χ1n) is 13.4. The van der Waals surface area contributed by atoms with E-state index < -0.39 is 16.6 Å². The Labute approximate surface area is 219 Å². The highest BCUT2D eigenvalue weighted by Gasteiger charge is 2.45. The molecule has 0 aliphatic heterocycles. The van der Waals surface area contributed by atoms with Gasteiger partial charge >= 0.3 is 0 Å². The van der Waals surface area contributed by atoms with Crippen molar-refractivity contribution < 1.29 is 13.6 Å². The Kier molecular flexibility index (Phi) is 11.1. The van der Waals surface area contributed by atoms with Gasteiger partial charge in [0.2, 0.25) is 0 Å². The summed E-state index contributed by atoms with van der Waals surface area (Å²) in [4.78, 5) is 12.6. The Balaban J connectivity index is 3.21.